The number of rotatable bonds is 8. The minimum atomic E-state index is -1.39. The molecule has 1 atom stereocenters. The Balaban J connectivity index is 1.51. The van der Waals surface area contributed by atoms with Crippen LogP contribution in [0.5, 0.6) is 0 Å². The molecule has 2 heterocycles. The quantitative estimate of drug-likeness (QED) is 0.662. The van der Waals surface area contributed by atoms with Crippen LogP contribution in [-0.2, 0) is 16.1 Å². The molecule has 1 aromatic carbocycles. The fraction of sp³-hybridized carbons (Fsp3) is 0.619. The van der Waals surface area contributed by atoms with Crippen LogP contribution >= 0.6 is 0 Å². The third-order valence-electron chi connectivity index (χ3n) is 5.54. The number of carbonyl (C=O) groups is 2. The van der Waals surface area contributed by atoms with E-state index >= 15 is 0 Å². The largest absolute Gasteiger partial charge is 0.448 e. The topological polar surface area (TPSA) is 82.1 Å². The van der Waals surface area contributed by atoms with E-state index in [1.54, 1.807) is 9.80 Å². The number of ether oxygens (including phenoxy) is 1. The molecule has 28 heavy (non-hydrogen) atoms. The number of nitrogens with one attached hydrogen (secondary N) is 1. The molecule has 2 N–H and O–H groups in total. The standard InChI is InChI=1S/C21H31N3O4/c1-16(2)18-6-4-17(5-7-18)14-24-10-3-8-21(27,19(24)25)15-22-9-11-23-12-13-28-20(23)26/h4-7,16,22,27H,3,8-15H2,1-2H3. The molecule has 2 fully saturated rings. The first kappa shape index (κ1) is 20.6. The van der Waals surface area contributed by atoms with Gasteiger partial charge in [-0.3, -0.25) is 4.79 Å². The van der Waals surface area contributed by atoms with Crippen molar-refractivity contribution < 1.29 is 19.4 Å². The summed E-state index contributed by atoms with van der Waals surface area (Å²) in [4.78, 5) is 27.7. The van der Waals surface area contributed by atoms with Gasteiger partial charge in [-0.25, -0.2) is 4.79 Å². The average molecular weight is 389 g/mol. The molecule has 1 unspecified atom stereocenters. The lowest BCUT2D eigenvalue weighted by Gasteiger charge is -2.38. The number of benzene rings is 1. The normalized spacial score (nSPS) is 22.9. The molecule has 7 heteroatoms. The number of likely N-dealkylation sites (tertiary alicyclic amines) is 1. The van der Waals surface area contributed by atoms with Crippen molar-refractivity contribution in [2.45, 2.75) is 44.8 Å². The smallest absolute Gasteiger partial charge is 0.409 e. The van der Waals surface area contributed by atoms with Crippen LogP contribution in [0.2, 0.25) is 0 Å². The summed E-state index contributed by atoms with van der Waals surface area (Å²) in [5.74, 6) is 0.254. The Labute approximate surface area is 166 Å². The van der Waals surface area contributed by atoms with Crippen LogP contribution in [0.1, 0.15) is 43.7 Å². The highest BCUT2D eigenvalue weighted by Crippen LogP contribution is 2.24. The van der Waals surface area contributed by atoms with Crippen LogP contribution in [0, 0.1) is 0 Å². The van der Waals surface area contributed by atoms with E-state index in [2.05, 4.69) is 43.4 Å². The summed E-state index contributed by atoms with van der Waals surface area (Å²) in [6.45, 7) is 7.72. The molecule has 2 amide bonds. The molecule has 154 valence electrons. The van der Waals surface area contributed by atoms with E-state index < -0.39 is 5.60 Å². The second-order valence-electron chi connectivity index (χ2n) is 8.04. The molecule has 0 aromatic heterocycles. The molecule has 1 aromatic rings. The zero-order valence-electron chi connectivity index (χ0n) is 16.8. The summed E-state index contributed by atoms with van der Waals surface area (Å²) >= 11 is 0. The van der Waals surface area contributed by atoms with Crippen LogP contribution < -0.4 is 5.32 Å². The van der Waals surface area contributed by atoms with E-state index in [4.69, 9.17) is 4.74 Å². The number of hydrogen-bond acceptors (Lipinski definition) is 5. The fourth-order valence-corrected chi connectivity index (χ4v) is 3.75. The Kier molecular flexibility index (Phi) is 6.57. The summed E-state index contributed by atoms with van der Waals surface area (Å²) in [7, 11) is 0. The highest BCUT2D eigenvalue weighted by Gasteiger charge is 2.41. The highest BCUT2D eigenvalue weighted by atomic mass is 16.6. The van der Waals surface area contributed by atoms with Gasteiger partial charge in [0.15, 0.2) is 5.60 Å². The zero-order valence-corrected chi connectivity index (χ0v) is 16.8. The lowest BCUT2D eigenvalue weighted by atomic mass is 9.91. The Morgan fingerprint density at radius 3 is 2.57 bits per heavy atom. The maximum atomic E-state index is 12.9. The molecule has 7 nitrogen and oxygen atoms in total. The highest BCUT2D eigenvalue weighted by molar-refractivity contribution is 5.86. The molecule has 2 saturated heterocycles. The third kappa shape index (κ3) is 4.83. The Hall–Kier alpha value is -2.12. The molecular formula is C21H31N3O4. The van der Waals surface area contributed by atoms with Gasteiger partial charge < -0.3 is 25.0 Å². The van der Waals surface area contributed by atoms with Crippen molar-refractivity contribution in [2.24, 2.45) is 0 Å². The molecule has 2 aliphatic rings. The van der Waals surface area contributed by atoms with Gasteiger partial charge in [0.2, 0.25) is 0 Å². The molecule has 0 bridgehead atoms. The number of nitrogens with zero attached hydrogens (tertiary/aromatic N) is 2. The molecule has 0 spiro atoms. The lowest BCUT2D eigenvalue weighted by molar-refractivity contribution is -0.157. The zero-order chi connectivity index (χ0) is 20.1. The molecule has 0 radical (unpaired) electrons. The Morgan fingerprint density at radius 2 is 1.93 bits per heavy atom. The van der Waals surface area contributed by atoms with Gasteiger partial charge in [-0.05, 0) is 29.9 Å². The van der Waals surface area contributed by atoms with Crippen LogP contribution in [0.25, 0.3) is 0 Å². The molecule has 3 rings (SSSR count). The van der Waals surface area contributed by atoms with Crippen molar-refractivity contribution in [3.05, 3.63) is 35.4 Å². The van der Waals surface area contributed by atoms with Crippen molar-refractivity contribution in [2.75, 3.05) is 39.3 Å². The number of aliphatic hydroxyl groups is 1. The van der Waals surface area contributed by atoms with Crippen molar-refractivity contribution >= 4 is 12.0 Å². The van der Waals surface area contributed by atoms with Crippen LogP contribution in [-0.4, -0.2) is 71.8 Å². The summed E-state index contributed by atoms with van der Waals surface area (Å²) < 4.78 is 4.89. The van der Waals surface area contributed by atoms with Crippen molar-refractivity contribution in [1.29, 1.82) is 0 Å². The van der Waals surface area contributed by atoms with Gasteiger partial charge in [-0.2, -0.15) is 0 Å². The maximum Gasteiger partial charge on any atom is 0.409 e. The second-order valence-corrected chi connectivity index (χ2v) is 8.04. The van der Waals surface area contributed by atoms with Gasteiger partial charge in [-0.15, -0.1) is 0 Å². The van der Waals surface area contributed by atoms with Crippen LogP contribution in [0.3, 0.4) is 0 Å². The van der Waals surface area contributed by atoms with Crippen molar-refractivity contribution in [3.63, 3.8) is 0 Å². The van der Waals surface area contributed by atoms with E-state index in [9.17, 15) is 14.7 Å². The van der Waals surface area contributed by atoms with Gasteiger partial charge in [0.1, 0.15) is 6.61 Å². The summed E-state index contributed by atoms with van der Waals surface area (Å²) in [5.41, 5.74) is 0.959. The SMILES string of the molecule is CC(C)c1ccc(CN2CCCC(O)(CNCCN3CCOC3=O)C2=O)cc1. The Morgan fingerprint density at radius 1 is 1.18 bits per heavy atom. The second kappa shape index (κ2) is 8.92. The minimum absolute atomic E-state index is 0.192. The first-order valence-corrected chi connectivity index (χ1v) is 10.1. The molecule has 2 aliphatic heterocycles. The Bertz CT molecular complexity index is 691. The number of hydrogen-bond donors (Lipinski definition) is 2. The minimum Gasteiger partial charge on any atom is -0.448 e. The number of carbonyl (C=O) groups excluding carboxylic acids is 2. The van der Waals surface area contributed by atoms with Crippen LogP contribution in [0.4, 0.5) is 4.79 Å². The lowest BCUT2D eigenvalue weighted by Crippen LogP contribution is -2.58. The summed E-state index contributed by atoms with van der Waals surface area (Å²) in [5, 5.41) is 14.0. The molecule has 0 saturated carbocycles. The third-order valence-corrected chi connectivity index (χ3v) is 5.54. The van der Waals surface area contributed by atoms with Crippen molar-refractivity contribution in [1.82, 2.24) is 15.1 Å². The summed E-state index contributed by atoms with van der Waals surface area (Å²) in [6, 6.07) is 8.32. The van der Waals surface area contributed by atoms with E-state index in [0.29, 0.717) is 51.7 Å². The number of amides is 2. The van der Waals surface area contributed by atoms with Gasteiger partial charge in [0.25, 0.3) is 5.91 Å². The van der Waals surface area contributed by atoms with E-state index in [1.807, 2.05) is 0 Å². The van der Waals surface area contributed by atoms with Gasteiger partial charge in [0, 0.05) is 32.7 Å². The van der Waals surface area contributed by atoms with Gasteiger partial charge in [-0.1, -0.05) is 38.1 Å². The van der Waals surface area contributed by atoms with E-state index in [1.165, 1.54) is 5.56 Å². The predicted molar refractivity (Wildman–Crippen MR) is 106 cm³/mol. The molecule has 0 aliphatic carbocycles. The fourth-order valence-electron chi connectivity index (χ4n) is 3.75. The van der Waals surface area contributed by atoms with Crippen LogP contribution in [0.15, 0.2) is 24.3 Å². The number of cyclic esters (lactones) is 1. The van der Waals surface area contributed by atoms with E-state index in [0.717, 1.165) is 12.0 Å². The summed E-state index contributed by atoms with van der Waals surface area (Å²) in [6.07, 6.45) is 0.920. The molecular weight excluding hydrogens is 358 g/mol. The van der Waals surface area contributed by atoms with E-state index in [-0.39, 0.29) is 18.5 Å². The predicted octanol–water partition coefficient (Wildman–Crippen LogP) is 1.71. The average Bonchev–Trinajstić information content (AvgIpc) is 3.08. The van der Waals surface area contributed by atoms with Crippen molar-refractivity contribution in [3.8, 4) is 0 Å². The first-order valence-electron chi connectivity index (χ1n) is 10.1. The van der Waals surface area contributed by atoms with Gasteiger partial charge >= 0.3 is 6.09 Å². The first-order chi connectivity index (χ1) is 13.4. The monoisotopic (exact) mass is 389 g/mol. The number of piperidine rings is 1. The maximum absolute atomic E-state index is 12.9. The van der Waals surface area contributed by atoms with Gasteiger partial charge in [0.05, 0.1) is 6.54 Å².